The summed E-state index contributed by atoms with van der Waals surface area (Å²) in [6.07, 6.45) is 3.50. The highest BCUT2D eigenvalue weighted by molar-refractivity contribution is 5.92. The lowest BCUT2D eigenvalue weighted by Gasteiger charge is -2.35. The van der Waals surface area contributed by atoms with Crippen LogP contribution in [0.5, 0.6) is 5.75 Å². The van der Waals surface area contributed by atoms with Crippen molar-refractivity contribution in [2.45, 2.75) is 6.92 Å². The Morgan fingerprint density at radius 3 is 2.24 bits per heavy atom. The SMILES string of the molecule is Cc1ccc(OCC(=O)Nc2ccc(N3CCN(C(=O)/C=C/c4ccccc4)CC3)cc2)cc1. The highest BCUT2D eigenvalue weighted by Gasteiger charge is 2.19. The van der Waals surface area contributed by atoms with E-state index in [0.717, 1.165) is 35.6 Å². The van der Waals surface area contributed by atoms with Crippen LogP contribution < -0.4 is 15.0 Å². The van der Waals surface area contributed by atoms with Crippen molar-refractivity contribution in [1.82, 2.24) is 4.90 Å². The Labute approximate surface area is 200 Å². The van der Waals surface area contributed by atoms with E-state index < -0.39 is 0 Å². The first kappa shape index (κ1) is 23.1. The molecule has 0 bridgehead atoms. The molecule has 1 heterocycles. The number of carbonyl (C=O) groups excluding carboxylic acids is 2. The van der Waals surface area contributed by atoms with Gasteiger partial charge in [-0.15, -0.1) is 0 Å². The van der Waals surface area contributed by atoms with E-state index in [0.29, 0.717) is 18.8 Å². The molecular formula is C28H29N3O3. The first-order chi connectivity index (χ1) is 16.6. The van der Waals surface area contributed by atoms with Crippen LogP contribution in [0.4, 0.5) is 11.4 Å². The second kappa shape index (κ2) is 11.2. The average Bonchev–Trinajstić information content (AvgIpc) is 2.88. The standard InChI is InChI=1S/C28H29N3O3/c1-22-7-14-26(15-8-22)34-21-27(32)29-24-10-12-25(13-11-24)30-17-19-31(20-18-30)28(33)16-9-23-5-3-2-4-6-23/h2-16H,17-21H2,1H3,(H,29,32)/b16-9+. The van der Waals surface area contributed by atoms with Gasteiger partial charge in [-0.25, -0.2) is 0 Å². The maximum atomic E-state index is 12.5. The van der Waals surface area contributed by atoms with Gasteiger partial charge in [0, 0.05) is 43.6 Å². The van der Waals surface area contributed by atoms with Crippen LogP contribution in [0, 0.1) is 6.92 Å². The molecule has 1 aliphatic heterocycles. The van der Waals surface area contributed by atoms with E-state index in [2.05, 4.69) is 10.2 Å². The number of aryl methyl sites for hydroxylation is 1. The number of ether oxygens (including phenoxy) is 1. The van der Waals surface area contributed by atoms with Gasteiger partial charge < -0.3 is 19.9 Å². The van der Waals surface area contributed by atoms with Gasteiger partial charge in [-0.1, -0.05) is 48.0 Å². The predicted octanol–water partition coefficient (Wildman–Crippen LogP) is 4.37. The molecule has 174 valence electrons. The summed E-state index contributed by atoms with van der Waals surface area (Å²) in [5.41, 5.74) is 3.95. The molecule has 4 rings (SSSR count). The van der Waals surface area contributed by atoms with Crippen molar-refractivity contribution in [3.63, 3.8) is 0 Å². The lowest BCUT2D eigenvalue weighted by atomic mass is 10.2. The summed E-state index contributed by atoms with van der Waals surface area (Å²) in [4.78, 5) is 28.8. The van der Waals surface area contributed by atoms with Gasteiger partial charge in [0.15, 0.2) is 6.61 Å². The number of amides is 2. The number of hydrogen-bond donors (Lipinski definition) is 1. The van der Waals surface area contributed by atoms with Crippen LogP contribution >= 0.6 is 0 Å². The molecule has 3 aromatic carbocycles. The zero-order chi connectivity index (χ0) is 23.8. The molecule has 34 heavy (non-hydrogen) atoms. The summed E-state index contributed by atoms with van der Waals surface area (Å²) < 4.78 is 5.53. The van der Waals surface area contributed by atoms with E-state index in [1.54, 1.807) is 6.08 Å². The third kappa shape index (κ3) is 6.48. The lowest BCUT2D eigenvalue weighted by molar-refractivity contribution is -0.126. The van der Waals surface area contributed by atoms with Gasteiger partial charge in [-0.2, -0.15) is 0 Å². The highest BCUT2D eigenvalue weighted by atomic mass is 16.5. The monoisotopic (exact) mass is 455 g/mol. The summed E-state index contributed by atoms with van der Waals surface area (Å²) in [7, 11) is 0. The minimum atomic E-state index is -0.205. The normalized spacial score (nSPS) is 13.7. The summed E-state index contributed by atoms with van der Waals surface area (Å²) in [6, 6.07) is 25.2. The topological polar surface area (TPSA) is 61.9 Å². The number of hydrogen-bond acceptors (Lipinski definition) is 4. The van der Waals surface area contributed by atoms with Gasteiger partial charge in [0.05, 0.1) is 0 Å². The van der Waals surface area contributed by atoms with Crippen molar-refractivity contribution in [2.75, 3.05) is 43.0 Å². The Balaban J connectivity index is 1.22. The maximum Gasteiger partial charge on any atom is 0.262 e. The van der Waals surface area contributed by atoms with Crippen LogP contribution in [-0.4, -0.2) is 49.5 Å². The molecule has 0 radical (unpaired) electrons. The van der Waals surface area contributed by atoms with E-state index >= 15 is 0 Å². The Morgan fingerprint density at radius 1 is 0.882 bits per heavy atom. The van der Waals surface area contributed by atoms with E-state index in [1.807, 2.05) is 96.8 Å². The number of rotatable bonds is 7. The quantitative estimate of drug-likeness (QED) is 0.538. The third-order valence-corrected chi connectivity index (χ3v) is 5.72. The number of anilines is 2. The van der Waals surface area contributed by atoms with Crippen molar-refractivity contribution in [3.05, 3.63) is 96.1 Å². The summed E-state index contributed by atoms with van der Waals surface area (Å²) >= 11 is 0. The fourth-order valence-corrected chi connectivity index (χ4v) is 3.76. The molecule has 1 saturated heterocycles. The molecule has 0 aromatic heterocycles. The maximum absolute atomic E-state index is 12.5. The fraction of sp³-hybridized carbons (Fsp3) is 0.214. The van der Waals surface area contributed by atoms with Crippen LogP contribution in [0.1, 0.15) is 11.1 Å². The Kier molecular flexibility index (Phi) is 7.60. The second-order valence-corrected chi connectivity index (χ2v) is 8.25. The highest BCUT2D eigenvalue weighted by Crippen LogP contribution is 2.20. The van der Waals surface area contributed by atoms with Gasteiger partial charge >= 0.3 is 0 Å². The number of benzene rings is 3. The van der Waals surface area contributed by atoms with E-state index in [1.165, 1.54) is 0 Å². The van der Waals surface area contributed by atoms with E-state index in [-0.39, 0.29) is 18.4 Å². The van der Waals surface area contributed by atoms with Gasteiger partial charge in [0.25, 0.3) is 5.91 Å². The second-order valence-electron chi connectivity index (χ2n) is 8.25. The third-order valence-electron chi connectivity index (χ3n) is 5.72. The predicted molar refractivity (Wildman–Crippen MR) is 136 cm³/mol. The molecule has 1 N–H and O–H groups in total. The van der Waals surface area contributed by atoms with Crippen LogP contribution in [0.3, 0.4) is 0 Å². The molecule has 0 spiro atoms. The van der Waals surface area contributed by atoms with E-state index in [9.17, 15) is 9.59 Å². The number of nitrogens with zero attached hydrogens (tertiary/aromatic N) is 2. The molecule has 2 amide bonds. The Morgan fingerprint density at radius 2 is 1.56 bits per heavy atom. The molecule has 0 unspecified atom stereocenters. The van der Waals surface area contributed by atoms with Gasteiger partial charge in [-0.3, -0.25) is 9.59 Å². The number of piperazine rings is 1. The molecule has 1 aliphatic rings. The minimum Gasteiger partial charge on any atom is -0.484 e. The first-order valence-electron chi connectivity index (χ1n) is 11.4. The minimum absolute atomic E-state index is 0.0365. The van der Waals surface area contributed by atoms with Crippen molar-refractivity contribution in [3.8, 4) is 5.75 Å². The van der Waals surface area contributed by atoms with Gasteiger partial charge in [-0.05, 0) is 55.0 Å². The number of nitrogens with one attached hydrogen (secondary N) is 1. The van der Waals surface area contributed by atoms with Gasteiger partial charge in [0.2, 0.25) is 5.91 Å². The fourth-order valence-electron chi connectivity index (χ4n) is 3.76. The molecular weight excluding hydrogens is 426 g/mol. The molecule has 0 aliphatic carbocycles. The largest absolute Gasteiger partial charge is 0.484 e. The molecule has 1 fully saturated rings. The summed E-state index contributed by atoms with van der Waals surface area (Å²) in [5, 5.41) is 2.86. The molecule has 3 aromatic rings. The van der Waals surface area contributed by atoms with Crippen molar-refractivity contribution in [1.29, 1.82) is 0 Å². The van der Waals surface area contributed by atoms with Gasteiger partial charge in [0.1, 0.15) is 5.75 Å². The molecule has 0 saturated carbocycles. The van der Waals surface area contributed by atoms with Crippen molar-refractivity contribution in [2.24, 2.45) is 0 Å². The van der Waals surface area contributed by atoms with Crippen molar-refractivity contribution < 1.29 is 14.3 Å². The summed E-state index contributed by atoms with van der Waals surface area (Å²) in [6.45, 7) is 4.84. The summed E-state index contributed by atoms with van der Waals surface area (Å²) in [5.74, 6) is 0.503. The Bertz CT molecular complexity index is 1120. The van der Waals surface area contributed by atoms with Crippen molar-refractivity contribution >= 4 is 29.3 Å². The molecule has 6 nitrogen and oxygen atoms in total. The first-order valence-corrected chi connectivity index (χ1v) is 11.4. The lowest BCUT2D eigenvalue weighted by Crippen LogP contribution is -2.48. The molecule has 6 heteroatoms. The van der Waals surface area contributed by atoms with Crippen LogP contribution in [-0.2, 0) is 9.59 Å². The van der Waals surface area contributed by atoms with Crippen LogP contribution in [0.15, 0.2) is 84.9 Å². The van der Waals surface area contributed by atoms with E-state index in [4.69, 9.17) is 4.74 Å². The average molecular weight is 456 g/mol. The zero-order valence-corrected chi connectivity index (χ0v) is 19.3. The van der Waals surface area contributed by atoms with Crippen LogP contribution in [0.25, 0.3) is 6.08 Å². The molecule has 0 atom stereocenters. The van der Waals surface area contributed by atoms with Crippen LogP contribution in [0.2, 0.25) is 0 Å². The smallest absolute Gasteiger partial charge is 0.262 e. The number of carbonyl (C=O) groups is 2. The zero-order valence-electron chi connectivity index (χ0n) is 19.3. The Hall–Kier alpha value is -4.06.